The minimum absolute atomic E-state index is 0.708. The second kappa shape index (κ2) is 9.15. The van der Waals surface area contributed by atoms with Gasteiger partial charge in [0.1, 0.15) is 48.8 Å². The maximum Gasteiger partial charge on any atom is 0.187 e. The molecule has 0 spiro atoms. The van der Waals surface area contributed by atoms with Crippen molar-refractivity contribution >= 4 is 0 Å². The molecule has 11 heteroatoms. The van der Waals surface area contributed by atoms with Crippen molar-refractivity contribution in [3.05, 3.63) is 0 Å². The molecule has 1 fully saturated rings. The van der Waals surface area contributed by atoms with Crippen LogP contribution in [0.1, 0.15) is 0 Å². The smallest absolute Gasteiger partial charge is 0.187 e. The highest BCUT2D eigenvalue weighted by molar-refractivity contribution is 4.91. The van der Waals surface area contributed by atoms with Crippen LogP contribution in [-0.2, 0) is 9.47 Å². The summed E-state index contributed by atoms with van der Waals surface area (Å²) in [5.74, 6) is 0. The zero-order chi connectivity index (χ0) is 17.7. The second-order valence-corrected chi connectivity index (χ2v) is 5.29. The van der Waals surface area contributed by atoms with Crippen LogP contribution in [0, 0.1) is 0 Å². The highest BCUT2D eigenvalue weighted by Gasteiger charge is 2.46. The standard InChI is InChI=1S/C12H24O11/c13-1-4(16)7(18)11(5(17)2-14)23-12-10(21)9(20)8(19)6(3-15)22-12/h4-21H,1-3H2/t4-,5+,6+,7+,8-,9+,10+,11+,12-/m0/s1. The van der Waals surface area contributed by atoms with Crippen LogP contribution in [0.2, 0.25) is 0 Å². The quantitative estimate of drug-likeness (QED) is 0.203. The van der Waals surface area contributed by atoms with E-state index in [0.717, 1.165) is 0 Å². The molecule has 1 rings (SSSR count). The van der Waals surface area contributed by atoms with E-state index < -0.39 is 74.9 Å². The summed E-state index contributed by atoms with van der Waals surface area (Å²) in [6.07, 6.45) is -15.1. The van der Waals surface area contributed by atoms with Crippen molar-refractivity contribution in [3.63, 3.8) is 0 Å². The molecule has 0 bridgehead atoms. The van der Waals surface area contributed by atoms with Crippen molar-refractivity contribution in [2.24, 2.45) is 0 Å². The van der Waals surface area contributed by atoms with Gasteiger partial charge in [0, 0.05) is 0 Å². The molecule has 0 saturated carbocycles. The molecule has 0 aromatic carbocycles. The summed E-state index contributed by atoms with van der Waals surface area (Å²) in [7, 11) is 0. The SMILES string of the molecule is OC[C@@H](O)[C@@H](O[C@@H]1O[C@H](CO)[C@H](O)[C@@H](O)[C@H]1O)[C@H](O)[C@@H](O)CO. The van der Waals surface area contributed by atoms with Crippen molar-refractivity contribution in [1.82, 2.24) is 0 Å². The second-order valence-electron chi connectivity index (χ2n) is 5.29. The van der Waals surface area contributed by atoms with E-state index >= 15 is 0 Å². The van der Waals surface area contributed by atoms with E-state index in [0.29, 0.717) is 0 Å². The van der Waals surface area contributed by atoms with Crippen molar-refractivity contribution in [2.45, 2.75) is 55.1 Å². The zero-order valence-corrected chi connectivity index (χ0v) is 12.2. The fourth-order valence-corrected chi connectivity index (χ4v) is 2.16. The summed E-state index contributed by atoms with van der Waals surface area (Å²) in [6, 6.07) is 0. The molecule has 23 heavy (non-hydrogen) atoms. The van der Waals surface area contributed by atoms with Gasteiger partial charge in [-0.05, 0) is 0 Å². The highest BCUT2D eigenvalue weighted by Crippen LogP contribution is 2.24. The van der Waals surface area contributed by atoms with Crippen LogP contribution in [0.5, 0.6) is 0 Å². The highest BCUT2D eigenvalue weighted by atomic mass is 16.7. The van der Waals surface area contributed by atoms with E-state index in [1.807, 2.05) is 0 Å². The Morgan fingerprint density at radius 2 is 1.39 bits per heavy atom. The topological polar surface area (TPSA) is 201 Å². The molecule has 0 aromatic rings. The maximum atomic E-state index is 9.83. The van der Waals surface area contributed by atoms with Crippen LogP contribution >= 0.6 is 0 Å². The average molecular weight is 344 g/mol. The van der Waals surface area contributed by atoms with Crippen LogP contribution in [0.3, 0.4) is 0 Å². The molecule has 9 atom stereocenters. The number of aliphatic hydroxyl groups excluding tert-OH is 9. The molecular formula is C12H24O11. The van der Waals surface area contributed by atoms with Crippen molar-refractivity contribution < 1.29 is 55.4 Å². The monoisotopic (exact) mass is 344 g/mol. The Morgan fingerprint density at radius 3 is 1.87 bits per heavy atom. The molecule has 1 heterocycles. The summed E-state index contributed by atoms with van der Waals surface area (Å²) >= 11 is 0. The molecule has 1 aliphatic rings. The van der Waals surface area contributed by atoms with Gasteiger partial charge in [0.05, 0.1) is 19.8 Å². The average Bonchev–Trinajstić information content (AvgIpc) is 2.57. The van der Waals surface area contributed by atoms with Gasteiger partial charge in [-0.1, -0.05) is 0 Å². The van der Waals surface area contributed by atoms with Crippen LogP contribution in [0.4, 0.5) is 0 Å². The Hall–Kier alpha value is -0.440. The zero-order valence-electron chi connectivity index (χ0n) is 12.2. The third-order valence-electron chi connectivity index (χ3n) is 3.62. The lowest BCUT2D eigenvalue weighted by Crippen LogP contribution is -2.61. The van der Waals surface area contributed by atoms with Crippen molar-refractivity contribution in [2.75, 3.05) is 19.8 Å². The molecule has 0 unspecified atom stereocenters. The van der Waals surface area contributed by atoms with Gasteiger partial charge in [-0.3, -0.25) is 0 Å². The summed E-state index contributed by atoms with van der Waals surface area (Å²) in [4.78, 5) is 0. The minimum atomic E-state index is -1.85. The molecule has 9 N–H and O–H groups in total. The van der Waals surface area contributed by atoms with E-state index in [2.05, 4.69) is 0 Å². The molecule has 138 valence electrons. The van der Waals surface area contributed by atoms with E-state index in [4.69, 9.17) is 24.8 Å². The lowest BCUT2D eigenvalue weighted by Gasteiger charge is -2.42. The number of rotatable bonds is 8. The number of ether oxygens (including phenoxy) is 2. The predicted molar refractivity (Wildman–Crippen MR) is 70.8 cm³/mol. The van der Waals surface area contributed by atoms with E-state index in [9.17, 15) is 30.6 Å². The van der Waals surface area contributed by atoms with E-state index in [1.165, 1.54) is 0 Å². The van der Waals surface area contributed by atoms with Gasteiger partial charge >= 0.3 is 0 Å². The third kappa shape index (κ3) is 4.78. The number of hydrogen-bond acceptors (Lipinski definition) is 11. The van der Waals surface area contributed by atoms with E-state index in [-0.39, 0.29) is 0 Å². The maximum absolute atomic E-state index is 9.83. The summed E-state index contributed by atoms with van der Waals surface area (Å²) in [5, 5.41) is 84.9. The van der Waals surface area contributed by atoms with Gasteiger partial charge in [-0.15, -0.1) is 0 Å². The third-order valence-corrected chi connectivity index (χ3v) is 3.62. The van der Waals surface area contributed by atoms with E-state index in [1.54, 1.807) is 0 Å². The van der Waals surface area contributed by atoms with Gasteiger partial charge in [-0.25, -0.2) is 0 Å². The van der Waals surface area contributed by atoms with Crippen LogP contribution in [0.15, 0.2) is 0 Å². The van der Waals surface area contributed by atoms with Crippen LogP contribution in [-0.4, -0.2) is 121 Å². The Bertz CT molecular complexity index is 341. The van der Waals surface area contributed by atoms with Gasteiger partial charge in [0.15, 0.2) is 6.29 Å². The number of aliphatic hydroxyl groups is 9. The minimum Gasteiger partial charge on any atom is -0.394 e. The fourth-order valence-electron chi connectivity index (χ4n) is 2.16. The normalized spacial score (nSPS) is 37.2. The van der Waals surface area contributed by atoms with Gasteiger partial charge < -0.3 is 55.4 Å². The van der Waals surface area contributed by atoms with Gasteiger partial charge in [0.25, 0.3) is 0 Å². The number of hydrogen-bond donors (Lipinski definition) is 9. The van der Waals surface area contributed by atoms with Crippen molar-refractivity contribution in [3.8, 4) is 0 Å². The first-order chi connectivity index (χ1) is 10.8. The summed E-state index contributed by atoms with van der Waals surface area (Å²) < 4.78 is 10.1. The van der Waals surface area contributed by atoms with Crippen molar-refractivity contribution in [1.29, 1.82) is 0 Å². The Kier molecular flexibility index (Phi) is 8.20. The molecular weight excluding hydrogens is 320 g/mol. The Morgan fingerprint density at radius 1 is 0.826 bits per heavy atom. The first-order valence-corrected chi connectivity index (χ1v) is 7.00. The summed E-state index contributed by atoms with van der Waals surface area (Å²) in [6.45, 7) is -2.45. The van der Waals surface area contributed by atoms with Gasteiger partial charge in [-0.2, -0.15) is 0 Å². The molecule has 1 aliphatic heterocycles. The molecule has 0 aromatic heterocycles. The van der Waals surface area contributed by atoms with Gasteiger partial charge in [0.2, 0.25) is 0 Å². The first-order valence-electron chi connectivity index (χ1n) is 7.00. The molecule has 1 saturated heterocycles. The Balaban J connectivity index is 2.89. The Labute approximate surface area is 131 Å². The fraction of sp³-hybridized carbons (Fsp3) is 1.00. The van der Waals surface area contributed by atoms with Crippen LogP contribution < -0.4 is 0 Å². The first kappa shape index (κ1) is 20.6. The summed E-state index contributed by atoms with van der Waals surface area (Å²) in [5.41, 5.74) is 0. The molecule has 0 amide bonds. The largest absolute Gasteiger partial charge is 0.394 e. The predicted octanol–water partition coefficient (Wildman–Crippen LogP) is -5.76. The lowest BCUT2D eigenvalue weighted by atomic mass is 9.98. The molecule has 11 nitrogen and oxygen atoms in total. The van der Waals surface area contributed by atoms with Crippen LogP contribution in [0.25, 0.3) is 0 Å². The lowest BCUT2D eigenvalue weighted by molar-refractivity contribution is -0.327. The molecule has 0 radical (unpaired) electrons. The molecule has 0 aliphatic carbocycles.